The minimum Gasteiger partial charge on any atom is -0.495 e. The van der Waals surface area contributed by atoms with E-state index in [0.29, 0.717) is 5.69 Å². The molecule has 1 fully saturated rings. The molecule has 0 unspecified atom stereocenters. The quantitative estimate of drug-likeness (QED) is 0.260. The number of urea groups is 1. The van der Waals surface area contributed by atoms with Crippen LogP contribution in [0.4, 0.5) is 16.2 Å². The number of hydrogen-bond donors (Lipinski definition) is 3. The zero-order chi connectivity index (χ0) is 25.7. The summed E-state index contributed by atoms with van der Waals surface area (Å²) in [6.45, 7) is 0. The number of carbonyl (C=O) groups excluding carboxylic acids is 5. The second-order valence-electron chi connectivity index (χ2n) is 7.35. The number of anilines is 2. The summed E-state index contributed by atoms with van der Waals surface area (Å²) >= 11 is 0. The molecule has 2 heterocycles. The van der Waals surface area contributed by atoms with Gasteiger partial charge < -0.3 is 14.5 Å². The number of imide groups is 2. The molecule has 1 saturated heterocycles. The van der Waals surface area contributed by atoms with E-state index in [9.17, 15) is 24.0 Å². The van der Waals surface area contributed by atoms with Gasteiger partial charge in [-0.1, -0.05) is 12.1 Å². The van der Waals surface area contributed by atoms with Crippen molar-refractivity contribution in [2.24, 2.45) is 11.0 Å². The van der Waals surface area contributed by atoms with Gasteiger partial charge >= 0.3 is 6.03 Å². The van der Waals surface area contributed by atoms with E-state index in [1.165, 1.54) is 49.8 Å². The van der Waals surface area contributed by atoms with Crippen LogP contribution in [0.15, 0.2) is 76.4 Å². The van der Waals surface area contributed by atoms with Crippen molar-refractivity contribution < 1.29 is 33.1 Å². The van der Waals surface area contributed by atoms with Crippen LogP contribution in [-0.4, -0.2) is 43.0 Å². The fraction of sp³-hybridized carbons (Fsp3) is 0.0833. The molecule has 3 aromatic rings. The molecule has 0 spiro atoms. The second-order valence-corrected chi connectivity index (χ2v) is 7.35. The molecule has 12 nitrogen and oxygen atoms in total. The van der Waals surface area contributed by atoms with Gasteiger partial charge in [0, 0.05) is 17.5 Å². The highest BCUT2D eigenvalue weighted by atomic mass is 16.5. The predicted molar refractivity (Wildman–Crippen MR) is 127 cm³/mol. The molecular weight excluding hydrogens is 470 g/mol. The van der Waals surface area contributed by atoms with E-state index >= 15 is 0 Å². The largest absolute Gasteiger partial charge is 0.495 e. The van der Waals surface area contributed by atoms with E-state index in [0.717, 1.165) is 11.1 Å². The number of nitrogens with one attached hydrogen (secondary N) is 3. The number of nitrogens with zero attached hydrogens (tertiary/aromatic N) is 2. The lowest BCUT2D eigenvalue weighted by Crippen LogP contribution is -2.58. The highest BCUT2D eigenvalue weighted by Crippen LogP contribution is 2.30. The van der Waals surface area contributed by atoms with Crippen LogP contribution in [0.5, 0.6) is 5.75 Å². The average Bonchev–Trinajstić information content (AvgIpc) is 3.42. The Morgan fingerprint density at radius 1 is 1.03 bits per heavy atom. The summed E-state index contributed by atoms with van der Waals surface area (Å²) in [5.41, 5.74) is 3.01. The minimum absolute atomic E-state index is 0.137. The zero-order valence-corrected chi connectivity index (χ0v) is 18.8. The van der Waals surface area contributed by atoms with Gasteiger partial charge in [-0.05, 0) is 48.5 Å². The molecule has 36 heavy (non-hydrogen) atoms. The van der Waals surface area contributed by atoms with Gasteiger partial charge in [0.25, 0.3) is 17.7 Å². The molecule has 1 aliphatic rings. The highest BCUT2D eigenvalue weighted by molar-refractivity contribution is 6.33. The van der Waals surface area contributed by atoms with Gasteiger partial charge in [-0.3, -0.25) is 24.5 Å². The number of hydrogen-bond acceptors (Lipinski definition) is 8. The molecular formula is C24H19N5O7. The molecule has 1 atom stereocenters. The monoisotopic (exact) mass is 489 g/mol. The van der Waals surface area contributed by atoms with Gasteiger partial charge in [0.2, 0.25) is 5.91 Å². The number of ether oxygens (including phenoxy) is 1. The normalized spacial score (nSPS) is 15.5. The third-order valence-corrected chi connectivity index (χ3v) is 5.07. The number of para-hydroxylation sites is 2. The Morgan fingerprint density at radius 2 is 1.78 bits per heavy atom. The lowest BCUT2D eigenvalue weighted by Gasteiger charge is -2.29. The molecule has 4 rings (SSSR count). The van der Waals surface area contributed by atoms with Gasteiger partial charge in [-0.2, -0.15) is 5.10 Å². The van der Waals surface area contributed by atoms with Crippen molar-refractivity contribution in [2.75, 3.05) is 17.3 Å². The van der Waals surface area contributed by atoms with E-state index in [4.69, 9.17) is 9.15 Å². The maximum Gasteiger partial charge on any atom is 0.335 e. The van der Waals surface area contributed by atoms with E-state index in [1.807, 2.05) is 0 Å². The molecule has 0 aliphatic carbocycles. The maximum atomic E-state index is 12.9. The summed E-state index contributed by atoms with van der Waals surface area (Å²) in [5, 5.41) is 8.42. The van der Waals surface area contributed by atoms with E-state index in [2.05, 4.69) is 21.2 Å². The van der Waals surface area contributed by atoms with Crippen LogP contribution in [0.2, 0.25) is 0 Å². The minimum atomic E-state index is -1.47. The number of barbiturate groups is 1. The molecule has 0 saturated carbocycles. The number of carbonyl (C=O) groups is 5. The Balaban J connectivity index is 1.40. The number of amides is 6. The Labute approximate surface area is 203 Å². The van der Waals surface area contributed by atoms with Gasteiger partial charge in [-0.15, -0.1) is 0 Å². The van der Waals surface area contributed by atoms with Crippen molar-refractivity contribution in [3.8, 4) is 5.75 Å². The summed E-state index contributed by atoms with van der Waals surface area (Å²) in [6, 6.07) is 14.4. The molecule has 1 aliphatic heterocycles. The van der Waals surface area contributed by atoms with Gasteiger partial charge in [0.1, 0.15) is 5.75 Å². The van der Waals surface area contributed by atoms with Crippen LogP contribution in [0, 0.1) is 5.92 Å². The fourth-order valence-corrected chi connectivity index (χ4v) is 3.30. The van der Waals surface area contributed by atoms with Crippen LogP contribution in [0.25, 0.3) is 0 Å². The SMILES string of the molecule is COc1ccccc1N1C(=O)NC(=O)[C@@H](/C=N\NC(=O)c2ccc(NC(=O)c3ccco3)cc2)C1=O. The Kier molecular flexibility index (Phi) is 6.86. The molecule has 0 bridgehead atoms. The van der Waals surface area contributed by atoms with Gasteiger partial charge in [0.05, 0.1) is 19.1 Å². The van der Waals surface area contributed by atoms with Gasteiger partial charge in [-0.25, -0.2) is 15.1 Å². The summed E-state index contributed by atoms with van der Waals surface area (Å²) in [6.07, 6.45) is 2.31. The van der Waals surface area contributed by atoms with Crippen LogP contribution >= 0.6 is 0 Å². The fourth-order valence-electron chi connectivity index (χ4n) is 3.30. The predicted octanol–water partition coefficient (Wildman–Crippen LogP) is 2.16. The average molecular weight is 489 g/mol. The molecule has 3 N–H and O–H groups in total. The third-order valence-electron chi connectivity index (χ3n) is 5.07. The van der Waals surface area contributed by atoms with Crippen molar-refractivity contribution in [3.63, 3.8) is 0 Å². The zero-order valence-electron chi connectivity index (χ0n) is 18.8. The van der Waals surface area contributed by atoms with Gasteiger partial charge in [0.15, 0.2) is 11.7 Å². The van der Waals surface area contributed by atoms with E-state index in [1.54, 1.807) is 24.3 Å². The third kappa shape index (κ3) is 4.97. The highest BCUT2D eigenvalue weighted by Gasteiger charge is 2.41. The van der Waals surface area contributed by atoms with E-state index < -0.39 is 35.6 Å². The standard InChI is InChI=1S/C24H19N5O7/c1-35-18-6-3-2-5-17(18)29-23(33)16(21(31)27-24(29)34)13-25-28-20(30)14-8-10-15(11-9-14)26-22(32)19-7-4-12-36-19/h2-13,16H,1H3,(H,26,32)(H,28,30)(H,27,31,34)/b25-13-/t16-/m1/s1. The number of hydrazone groups is 1. The molecule has 6 amide bonds. The molecule has 182 valence electrons. The first-order valence-electron chi connectivity index (χ1n) is 10.5. The Morgan fingerprint density at radius 3 is 2.47 bits per heavy atom. The number of rotatable bonds is 7. The van der Waals surface area contributed by atoms with E-state index in [-0.39, 0.29) is 22.8 Å². The van der Waals surface area contributed by atoms with Crippen LogP contribution in [0.1, 0.15) is 20.9 Å². The Bertz CT molecular complexity index is 1350. The molecule has 1 aromatic heterocycles. The lowest BCUT2D eigenvalue weighted by atomic mass is 10.1. The number of methoxy groups -OCH3 is 1. The topological polar surface area (TPSA) is 159 Å². The lowest BCUT2D eigenvalue weighted by molar-refractivity contribution is -0.131. The molecule has 0 radical (unpaired) electrons. The first-order chi connectivity index (χ1) is 17.4. The summed E-state index contributed by atoms with van der Waals surface area (Å²) in [5.74, 6) is -3.89. The molecule has 12 heteroatoms. The summed E-state index contributed by atoms with van der Waals surface area (Å²) < 4.78 is 10.2. The van der Waals surface area contributed by atoms with Crippen LogP contribution in [0.3, 0.4) is 0 Å². The van der Waals surface area contributed by atoms with Crippen LogP contribution < -0.4 is 25.7 Å². The van der Waals surface area contributed by atoms with Crippen molar-refractivity contribution in [2.45, 2.75) is 0 Å². The smallest absolute Gasteiger partial charge is 0.335 e. The van der Waals surface area contributed by atoms with Crippen molar-refractivity contribution >= 4 is 47.2 Å². The second kappa shape index (κ2) is 10.3. The van der Waals surface area contributed by atoms with Crippen molar-refractivity contribution in [1.29, 1.82) is 0 Å². The summed E-state index contributed by atoms with van der Waals surface area (Å²) in [7, 11) is 1.38. The summed E-state index contributed by atoms with van der Waals surface area (Å²) in [4.78, 5) is 62.7. The number of benzene rings is 2. The van der Waals surface area contributed by atoms with Crippen LogP contribution in [-0.2, 0) is 9.59 Å². The molecule has 2 aromatic carbocycles. The first kappa shape index (κ1) is 23.9. The van der Waals surface area contributed by atoms with Crippen molar-refractivity contribution in [3.05, 3.63) is 78.3 Å². The maximum absolute atomic E-state index is 12.9. The Hall–Kier alpha value is -5.26. The van der Waals surface area contributed by atoms with Crippen molar-refractivity contribution in [1.82, 2.24) is 10.7 Å². The first-order valence-corrected chi connectivity index (χ1v) is 10.5. The number of furan rings is 1.